The molecule has 0 fully saturated rings. The van der Waals surface area contributed by atoms with E-state index in [0.717, 1.165) is 38.3 Å². The average Bonchev–Trinajstić information content (AvgIpc) is 2.51. The number of aromatic nitrogens is 1. The summed E-state index contributed by atoms with van der Waals surface area (Å²) in [5, 5.41) is 9.73. The van der Waals surface area contributed by atoms with Crippen LogP contribution in [-0.4, -0.2) is 21.1 Å². The highest BCUT2D eigenvalue weighted by Gasteiger charge is 2.17. The van der Waals surface area contributed by atoms with Crippen LogP contribution < -0.4 is 5.43 Å². The molecule has 2 aromatic rings. The van der Waals surface area contributed by atoms with Crippen molar-refractivity contribution in [3.05, 3.63) is 63.6 Å². The molecular formula is C19H24N2O2. The van der Waals surface area contributed by atoms with Crippen LogP contribution in [0, 0.1) is 5.92 Å². The first kappa shape index (κ1) is 15.8. The van der Waals surface area contributed by atoms with Gasteiger partial charge in [-0.1, -0.05) is 38.1 Å². The van der Waals surface area contributed by atoms with Crippen molar-refractivity contribution in [2.75, 3.05) is 6.54 Å². The van der Waals surface area contributed by atoms with E-state index < -0.39 is 0 Å². The zero-order valence-corrected chi connectivity index (χ0v) is 13.8. The molecule has 0 unspecified atom stereocenters. The summed E-state index contributed by atoms with van der Waals surface area (Å²) in [6, 6.07) is 10.1. The van der Waals surface area contributed by atoms with Crippen LogP contribution in [0.15, 0.2) is 41.3 Å². The number of fused-ring (bicyclic) bond motifs is 1. The molecule has 23 heavy (non-hydrogen) atoms. The zero-order valence-electron chi connectivity index (χ0n) is 13.8. The molecule has 1 N–H and O–H groups in total. The van der Waals surface area contributed by atoms with Crippen LogP contribution in [0.4, 0.5) is 0 Å². The minimum atomic E-state index is -0.294. The Hall–Kier alpha value is -2.07. The van der Waals surface area contributed by atoms with Crippen LogP contribution in [0.5, 0.6) is 5.75 Å². The highest BCUT2D eigenvalue weighted by atomic mass is 16.3. The molecule has 3 rings (SSSR count). The lowest BCUT2D eigenvalue weighted by molar-refractivity contribution is 0.237. The number of pyridine rings is 1. The highest BCUT2D eigenvalue weighted by Crippen LogP contribution is 2.20. The van der Waals surface area contributed by atoms with Crippen molar-refractivity contribution in [3.8, 4) is 5.75 Å². The Kier molecular flexibility index (Phi) is 4.53. The van der Waals surface area contributed by atoms with Gasteiger partial charge in [0.2, 0.25) is 5.43 Å². The molecule has 0 spiro atoms. The van der Waals surface area contributed by atoms with Gasteiger partial charge in [-0.15, -0.1) is 0 Å². The maximum atomic E-state index is 11.8. The van der Waals surface area contributed by atoms with Crippen molar-refractivity contribution in [3.63, 3.8) is 0 Å². The van der Waals surface area contributed by atoms with E-state index in [1.807, 2.05) is 4.57 Å². The van der Waals surface area contributed by atoms with Crippen LogP contribution in [-0.2, 0) is 26.1 Å². The smallest absolute Gasteiger partial charge is 0.223 e. The molecule has 4 heteroatoms. The lowest BCUT2D eigenvalue weighted by Crippen LogP contribution is -2.32. The van der Waals surface area contributed by atoms with E-state index in [1.165, 1.54) is 11.1 Å². The second-order valence-corrected chi connectivity index (χ2v) is 6.79. The van der Waals surface area contributed by atoms with E-state index >= 15 is 0 Å². The van der Waals surface area contributed by atoms with Gasteiger partial charge in [0.15, 0.2) is 5.75 Å². The van der Waals surface area contributed by atoms with Gasteiger partial charge in [-0.3, -0.25) is 9.69 Å². The fourth-order valence-electron chi connectivity index (χ4n) is 3.22. The third-order valence-corrected chi connectivity index (χ3v) is 4.35. The first-order valence-corrected chi connectivity index (χ1v) is 8.24. The van der Waals surface area contributed by atoms with Gasteiger partial charge in [-0.25, -0.2) is 0 Å². The highest BCUT2D eigenvalue weighted by molar-refractivity contribution is 5.29. The molecular weight excluding hydrogens is 288 g/mol. The number of nitrogens with zero attached hydrogens (tertiary/aromatic N) is 2. The summed E-state index contributed by atoms with van der Waals surface area (Å²) in [6.45, 7) is 7.71. The number of rotatable bonds is 4. The number of aromatic hydroxyl groups is 1. The Balaban J connectivity index is 1.83. The zero-order chi connectivity index (χ0) is 16.4. The first-order valence-electron chi connectivity index (χ1n) is 8.24. The Morgan fingerprint density at radius 1 is 1.22 bits per heavy atom. The first-order chi connectivity index (χ1) is 11.0. The molecule has 0 amide bonds. The lowest BCUT2D eigenvalue weighted by atomic mass is 10.00. The van der Waals surface area contributed by atoms with Gasteiger partial charge in [-0.2, -0.15) is 0 Å². The summed E-state index contributed by atoms with van der Waals surface area (Å²) < 4.78 is 2.02. The Labute approximate surface area is 137 Å². The fraction of sp³-hybridized carbons (Fsp3) is 0.421. The monoisotopic (exact) mass is 312 g/mol. The summed E-state index contributed by atoms with van der Waals surface area (Å²) >= 11 is 0. The van der Waals surface area contributed by atoms with Gasteiger partial charge >= 0.3 is 0 Å². The van der Waals surface area contributed by atoms with Crippen molar-refractivity contribution in [2.45, 2.75) is 39.9 Å². The molecule has 0 radical (unpaired) electrons. The fourth-order valence-corrected chi connectivity index (χ4v) is 3.22. The largest absolute Gasteiger partial charge is 0.503 e. The van der Waals surface area contributed by atoms with Crippen molar-refractivity contribution >= 4 is 0 Å². The molecule has 1 aliphatic rings. The van der Waals surface area contributed by atoms with Crippen LogP contribution in [0.3, 0.4) is 0 Å². The minimum absolute atomic E-state index is 0.168. The standard InChI is InChI=1S/C19H24N2O2/c1-14(2)10-21-13-19(23)18(22)9-17(21)12-20-8-7-15-5-3-4-6-16(15)11-20/h3-6,9,13-14,23H,7-8,10-12H2,1-2H3. The molecule has 0 atom stereocenters. The molecule has 0 saturated carbocycles. The van der Waals surface area contributed by atoms with Gasteiger partial charge in [0.25, 0.3) is 0 Å². The van der Waals surface area contributed by atoms with Gasteiger partial charge in [0.05, 0.1) is 6.20 Å². The maximum absolute atomic E-state index is 11.8. The predicted molar refractivity (Wildman–Crippen MR) is 91.5 cm³/mol. The third kappa shape index (κ3) is 3.64. The van der Waals surface area contributed by atoms with E-state index in [4.69, 9.17) is 0 Å². The second kappa shape index (κ2) is 6.59. The molecule has 0 aliphatic carbocycles. The maximum Gasteiger partial charge on any atom is 0.223 e. The van der Waals surface area contributed by atoms with Gasteiger partial charge in [0.1, 0.15) is 0 Å². The van der Waals surface area contributed by atoms with Gasteiger partial charge < -0.3 is 9.67 Å². The van der Waals surface area contributed by atoms with Crippen molar-refractivity contribution < 1.29 is 5.11 Å². The van der Waals surface area contributed by atoms with E-state index in [0.29, 0.717) is 5.92 Å². The summed E-state index contributed by atoms with van der Waals surface area (Å²) in [5.41, 5.74) is 3.47. The second-order valence-electron chi connectivity index (χ2n) is 6.79. The number of benzene rings is 1. The normalized spacial score (nSPS) is 14.9. The molecule has 0 bridgehead atoms. The topological polar surface area (TPSA) is 45.5 Å². The Bertz CT molecular complexity index is 749. The molecule has 122 valence electrons. The summed E-state index contributed by atoms with van der Waals surface area (Å²) in [5.74, 6) is 0.288. The van der Waals surface area contributed by atoms with Crippen LogP contribution in [0.2, 0.25) is 0 Å². The summed E-state index contributed by atoms with van der Waals surface area (Å²) in [7, 11) is 0. The van der Waals surface area contributed by atoms with Crippen LogP contribution in [0.1, 0.15) is 30.7 Å². The molecule has 0 saturated heterocycles. The van der Waals surface area contributed by atoms with Crippen molar-refractivity contribution in [1.82, 2.24) is 9.47 Å². The lowest BCUT2D eigenvalue weighted by Gasteiger charge is -2.29. The van der Waals surface area contributed by atoms with Crippen molar-refractivity contribution in [1.29, 1.82) is 0 Å². The van der Waals surface area contributed by atoms with E-state index in [-0.39, 0.29) is 11.2 Å². The van der Waals surface area contributed by atoms with Crippen molar-refractivity contribution in [2.24, 2.45) is 5.92 Å². The van der Waals surface area contributed by atoms with E-state index in [9.17, 15) is 9.90 Å². The molecule has 2 heterocycles. The van der Waals surface area contributed by atoms with Crippen LogP contribution >= 0.6 is 0 Å². The molecule has 4 nitrogen and oxygen atoms in total. The Morgan fingerprint density at radius 3 is 2.70 bits per heavy atom. The van der Waals surface area contributed by atoms with E-state index in [1.54, 1.807) is 12.3 Å². The van der Waals surface area contributed by atoms with Gasteiger partial charge in [-0.05, 0) is 23.5 Å². The van der Waals surface area contributed by atoms with Gasteiger partial charge in [0, 0.05) is 37.9 Å². The molecule has 1 aliphatic heterocycles. The Morgan fingerprint density at radius 2 is 1.96 bits per heavy atom. The summed E-state index contributed by atoms with van der Waals surface area (Å²) in [4.78, 5) is 14.2. The predicted octanol–water partition coefficient (Wildman–Crippen LogP) is 2.77. The molecule has 1 aromatic heterocycles. The number of hydrogen-bond donors (Lipinski definition) is 1. The quantitative estimate of drug-likeness (QED) is 0.944. The SMILES string of the molecule is CC(C)Cn1cc(O)c(=O)cc1CN1CCc2ccccc2C1. The minimum Gasteiger partial charge on any atom is -0.503 e. The van der Waals surface area contributed by atoms with E-state index in [2.05, 4.69) is 43.0 Å². The average molecular weight is 312 g/mol. The third-order valence-electron chi connectivity index (χ3n) is 4.35. The van der Waals surface area contributed by atoms with Crippen LogP contribution in [0.25, 0.3) is 0 Å². The molecule has 1 aromatic carbocycles. The summed E-state index contributed by atoms with van der Waals surface area (Å²) in [6.07, 6.45) is 2.62. The number of hydrogen-bond acceptors (Lipinski definition) is 3.